The first-order valence-corrected chi connectivity index (χ1v) is 11.1. The van der Waals surface area contributed by atoms with Crippen molar-refractivity contribution in [3.63, 3.8) is 0 Å². The molecule has 2 aliphatic heterocycles. The molecule has 2 heterocycles. The molecule has 1 fully saturated rings. The lowest BCUT2D eigenvalue weighted by Crippen LogP contribution is -2.41. The third-order valence-corrected chi connectivity index (χ3v) is 7.02. The summed E-state index contributed by atoms with van der Waals surface area (Å²) in [6.45, 7) is 3.25. The number of rotatable bonds is 6. The lowest BCUT2D eigenvalue weighted by molar-refractivity contribution is -0.122. The summed E-state index contributed by atoms with van der Waals surface area (Å²) in [5.74, 6) is -0.462. The second-order valence-corrected chi connectivity index (χ2v) is 9.58. The molecule has 0 aliphatic carbocycles. The van der Waals surface area contributed by atoms with E-state index in [1.165, 1.54) is 29.1 Å². The van der Waals surface area contributed by atoms with Crippen molar-refractivity contribution in [2.75, 3.05) is 11.5 Å². The monoisotopic (exact) mass is 462 g/mol. The van der Waals surface area contributed by atoms with Crippen LogP contribution in [-0.2, 0) is 14.4 Å². The van der Waals surface area contributed by atoms with Crippen LogP contribution in [0.15, 0.2) is 42.5 Å². The molecule has 2 atom stereocenters. The van der Waals surface area contributed by atoms with Gasteiger partial charge in [-0.25, -0.2) is 0 Å². The van der Waals surface area contributed by atoms with Gasteiger partial charge in [-0.15, -0.1) is 0 Å². The minimum atomic E-state index is -2.96. The highest BCUT2D eigenvalue weighted by atomic mass is 32.2. The molecule has 0 saturated carbocycles. The van der Waals surface area contributed by atoms with Crippen molar-refractivity contribution in [1.82, 2.24) is 5.32 Å². The third-order valence-electron chi connectivity index (χ3n) is 6.06. The summed E-state index contributed by atoms with van der Waals surface area (Å²) < 4.78 is 35.2. The Bertz CT molecular complexity index is 1060. The quantitative estimate of drug-likeness (QED) is 0.602. The van der Waals surface area contributed by atoms with E-state index in [0.29, 0.717) is 36.4 Å². The SMILES string of the molecule is CC[C@]1(C)C(=O)N(c2cccc(OC(F)F)c2)c2ccc(C(=O)NC3(C)CCOS3)cc21. The fourth-order valence-electron chi connectivity index (χ4n) is 4.03. The highest BCUT2D eigenvalue weighted by Crippen LogP contribution is 2.48. The Balaban J connectivity index is 1.71. The minimum Gasteiger partial charge on any atom is -0.435 e. The number of ether oxygens (including phenoxy) is 1. The Morgan fingerprint density at radius 3 is 2.72 bits per heavy atom. The molecule has 2 aliphatic rings. The maximum atomic E-state index is 13.5. The molecule has 0 radical (unpaired) electrons. The van der Waals surface area contributed by atoms with Crippen molar-refractivity contribution in [2.45, 2.75) is 50.5 Å². The van der Waals surface area contributed by atoms with Gasteiger partial charge in [-0.1, -0.05) is 13.0 Å². The summed E-state index contributed by atoms with van der Waals surface area (Å²) in [6.07, 6.45) is 1.21. The van der Waals surface area contributed by atoms with Crippen LogP contribution in [0.2, 0.25) is 0 Å². The summed E-state index contributed by atoms with van der Waals surface area (Å²) in [7, 11) is 0. The average molecular weight is 463 g/mol. The molecule has 2 amide bonds. The smallest absolute Gasteiger partial charge is 0.387 e. The zero-order valence-corrected chi connectivity index (χ0v) is 18.8. The molecule has 6 nitrogen and oxygen atoms in total. The van der Waals surface area contributed by atoms with Crippen LogP contribution in [0.25, 0.3) is 0 Å². The average Bonchev–Trinajstić information content (AvgIpc) is 3.27. The van der Waals surface area contributed by atoms with Gasteiger partial charge < -0.3 is 14.2 Å². The van der Waals surface area contributed by atoms with Gasteiger partial charge in [-0.2, -0.15) is 8.78 Å². The molecular weight excluding hydrogens is 438 g/mol. The van der Waals surface area contributed by atoms with Gasteiger partial charge in [0.25, 0.3) is 5.91 Å². The van der Waals surface area contributed by atoms with Gasteiger partial charge in [-0.3, -0.25) is 14.5 Å². The van der Waals surface area contributed by atoms with E-state index in [0.717, 1.165) is 5.56 Å². The highest BCUT2D eigenvalue weighted by Gasteiger charge is 2.47. The zero-order chi connectivity index (χ0) is 23.1. The predicted molar refractivity (Wildman–Crippen MR) is 118 cm³/mol. The molecule has 170 valence electrons. The van der Waals surface area contributed by atoms with Gasteiger partial charge in [0.2, 0.25) is 5.91 Å². The first-order valence-electron chi connectivity index (χ1n) is 10.3. The summed E-state index contributed by atoms with van der Waals surface area (Å²) in [5.41, 5.74) is 1.35. The molecule has 9 heteroatoms. The van der Waals surface area contributed by atoms with Crippen molar-refractivity contribution in [1.29, 1.82) is 0 Å². The number of benzene rings is 2. The number of amides is 2. The lowest BCUT2D eigenvalue weighted by atomic mass is 9.80. The van der Waals surface area contributed by atoms with Gasteiger partial charge in [0.05, 0.1) is 23.4 Å². The Kier molecular flexibility index (Phi) is 5.89. The molecule has 2 aromatic rings. The van der Waals surface area contributed by atoms with E-state index in [2.05, 4.69) is 10.1 Å². The van der Waals surface area contributed by atoms with E-state index in [-0.39, 0.29) is 17.6 Å². The number of nitrogens with one attached hydrogen (secondary N) is 1. The van der Waals surface area contributed by atoms with Crippen molar-refractivity contribution < 1.29 is 27.3 Å². The van der Waals surface area contributed by atoms with Gasteiger partial charge in [0.1, 0.15) is 10.6 Å². The molecular formula is C23H24F2N2O4S. The molecule has 0 spiro atoms. The largest absolute Gasteiger partial charge is 0.435 e. The summed E-state index contributed by atoms with van der Waals surface area (Å²) in [4.78, 5) is 27.4. The number of carbonyl (C=O) groups is 2. The van der Waals surface area contributed by atoms with Crippen LogP contribution in [0.5, 0.6) is 5.75 Å². The van der Waals surface area contributed by atoms with E-state index in [1.807, 2.05) is 20.8 Å². The molecule has 32 heavy (non-hydrogen) atoms. The van der Waals surface area contributed by atoms with E-state index in [1.54, 1.807) is 30.3 Å². The maximum absolute atomic E-state index is 13.5. The lowest BCUT2D eigenvalue weighted by Gasteiger charge is -2.23. The number of alkyl halides is 2. The predicted octanol–water partition coefficient (Wildman–Crippen LogP) is 5.15. The van der Waals surface area contributed by atoms with Crippen LogP contribution < -0.4 is 15.0 Å². The number of fused-ring (bicyclic) bond motifs is 1. The Morgan fingerprint density at radius 2 is 2.06 bits per heavy atom. The second-order valence-electron chi connectivity index (χ2n) is 8.27. The normalized spacial score (nSPS) is 24.7. The molecule has 1 N–H and O–H groups in total. The fraction of sp³-hybridized carbons (Fsp3) is 0.391. The summed E-state index contributed by atoms with van der Waals surface area (Å²) in [5, 5.41) is 3.00. The van der Waals surface area contributed by atoms with E-state index in [4.69, 9.17) is 4.18 Å². The van der Waals surface area contributed by atoms with Crippen molar-refractivity contribution in [3.05, 3.63) is 53.6 Å². The van der Waals surface area contributed by atoms with Crippen LogP contribution in [0.3, 0.4) is 0 Å². The topological polar surface area (TPSA) is 67.9 Å². The molecule has 1 unspecified atom stereocenters. The standard InChI is InChI=1S/C23H24F2N2O4S/c1-4-22(2)17-12-14(19(28)26-23(3)10-11-30-32-23)8-9-18(17)27(20(22)29)15-6-5-7-16(13-15)31-21(24)25/h5-9,12-13,21H,4,10-11H2,1-3H3,(H,26,28)/t22-,23?/m0/s1. The molecule has 0 aromatic heterocycles. The number of carbonyl (C=O) groups excluding carboxylic acids is 2. The molecule has 4 rings (SSSR count). The van der Waals surface area contributed by atoms with E-state index in [9.17, 15) is 18.4 Å². The van der Waals surface area contributed by atoms with Crippen LogP contribution >= 0.6 is 12.0 Å². The summed E-state index contributed by atoms with van der Waals surface area (Å²) >= 11 is 1.24. The fourth-order valence-corrected chi connectivity index (χ4v) is 4.76. The van der Waals surface area contributed by atoms with Crippen LogP contribution in [0, 0.1) is 0 Å². The van der Waals surface area contributed by atoms with E-state index >= 15 is 0 Å². The van der Waals surface area contributed by atoms with Gasteiger partial charge in [-0.05, 0) is 56.2 Å². The minimum absolute atomic E-state index is 0.0301. The van der Waals surface area contributed by atoms with Crippen molar-refractivity contribution in [2.24, 2.45) is 0 Å². The molecule has 2 aromatic carbocycles. The van der Waals surface area contributed by atoms with Crippen LogP contribution in [0.4, 0.5) is 20.2 Å². The Labute approximate surface area is 189 Å². The number of anilines is 2. The molecule has 1 saturated heterocycles. The van der Waals surface area contributed by atoms with Gasteiger partial charge in [0, 0.05) is 30.1 Å². The Hall–Kier alpha value is -2.65. The van der Waals surface area contributed by atoms with Crippen molar-refractivity contribution in [3.8, 4) is 5.75 Å². The maximum Gasteiger partial charge on any atom is 0.387 e. The Morgan fingerprint density at radius 1 is 1.28 bits per heavy atom. The number of nitrogens with zero attached hydrogens (tertiary/aromatic N) is 1. The van der Waals surface area contributed by atoms with Crippen LogP contribution in [0.1, 0.15) is 49.5 Å². The summed E-state index contributed by atoms with van der Waals surface area (Å²) in [6, 6.07) is 11.2. The third kappa shape index (κ3) is 3.95. The first kappa shape index (κ1) is 22.5. The number of halogens is 2. The highest BCUT2D eigenvalue weighted by molar-refractivity contribution is 7.96. The first-order chi connectivity index (χ1) is 15.2. The van der Waals surface area contributed by atoms with Gasteiger partial charge in [0.15, 0.2) is 0 Å². The van der Waals surface area contributed by atoms with Crippen LogP contribution in [-0.4, -0.2) is 29.9 Å². The molecule has 0 bridgehead atoms. The number of hydrogen-bond acceptors (Lipinski definition) is 5. The van der Waals surface area contributed by atoms with Gasteiger partial charge >= 0.3 is 6.61 Å². The second kappa shape index (κ2) is 8.37. The zero-order valence-electron chi connectivity index (χ0n) is 18.0. The number of hydrogen-bond donors (Lipinski definition) is 1. The van der Waals surface area contributed by atoms with Crippen molar-refractivity contribution >= 4 is 35.2 Å². The van der Waals surface area contributed by atoms with E-state index < -0.39 is 16.9 Å².